The highest BCUT2D eigenvalue weighted by atomic mass is 79.9. The molecule has 2 aromatic heterocycles. The fraction of sp³-hybridized carbons (Fsp3) is 0.522. The number of carbonyl (C=O) groups is 3. The Kier molecular flexibility index (Phi) is 8.45. The lowest BCUT2D eigenvalue weighted by Crippen LogP contribution is -2.60. The van der Waals surface area contributed by atoms with Gasteiger partial charge in [0.2, 0.25) is 5.60 Å². The van der Waals surface area contributed by atoms with Gasteiger partial charge >= 0.3 is 17.9 Å². The number of rotatable bonds is 7. The smallest absolute Gasteiger partial charge is 0.349 e. The van der Waals surface area contributed by atoms with E-state index >= 15 is 0 Å². The molecular formula is C23H29BrNO8S2+. The van der Waals surface area contributed by atoms with E-state index in [1.54, 1.807) is 12.1 Å². The third kappa shape index (κ3) is 5.47. The van der Waals surface area contributed by atoms with E-state index in [9.17, 15) is 19.5 Å². The van der Waals surface area contributed by atoms with E-state index in [2.05, 4.69) is 14.1 Å². The Morgan fingerprint density at radius 1 is 1.00 bits per heavy atom. The number of morpholine rings is 1. The molecule has 0 amide bonds. The summed E-state index contributed by atoms with van der Waals surface area (Å²) in [4.78, 5) is 33.6. The van der Waals surface area contributed by atoms with Gasteiger partial charge in [0.15, 0.2) is 0 Å². The summed E-state index contributed by atoms with van der Waals surface area (Å²) in [6.45, 7) is 0. The number of likely N-dealkylation sites (N-methyl/N-ethyl adjacent to an activating group) is 1. The molecule has 1 unspecified atom stereocenters. The maximum Gasteiger partial charge on any atom is 0.349 e. The Hall–Kier alpha value is -1.83. The molecule has 0 radical (unpaired) electrons. The molecule has 3 aliphatic heterocycles. The van der Waals surface area contributed by atoms with Gasteiger partial charge in [0.25, 0.3) is 0 Å². The molecule has 2 aromatic rings. The molecule has 3 fully saturated rings. The number of hydrogen-bond donors (Lipinski definition) is 3. The van der Waals surface area contributed by atoms with Gasteiger partial charge in [0.1, 0.15) is 30.4 Å². The van der Waals surface area contributed by atoms with Crippen LogP contribution >= 0.6 is 39.7 Å². The predicted molar refractivity (Wildman–Crippen MR) is 134 cm³/mol. The minimum Gasteiger partial charge on any atom is -0.481 e. The lowest BCUT2D eigenvalue weighted by molar-refractivity contribution is -0.938. The highest BCUT2D eigenvalue weighted by Gasteiger charge is 2.71. The van der Waals surface area contributed by atoms with E-state index in [0.29, 0.717) is 34.0 Å². The second-order valence-corrected chi connectivity index (χ2v) is 11.2. The summed E-state index contributed by atoms with van der Waals surface area (Å²) >= 11 is 2.74. The molecule has 3 N–H and O–H groups in total. The number of piperidine rings is 1. The molecule has 2 bridgehead atoms. The Morgan fingerprint density at radius 3 is 1.83 bits per heavy atom. The first-order valence-electron chi connectivity index (χ1n) is 11.0. The normalized spacial score (nSPS) is 27.5. The highest BCUT2D eigenvalue weighted by Crippen LogP contribution is 2.52. The number of hydrogen-bond acceptors (Lipinski definition) is 8. The van der Waals surface area contributed by atoms with Gasteiger partial charge in [-0.3, -0.25) is 9.59 Å². The van der Waals surface area contributed by atoms with Crippen LogP contribution in [0.2, 0.25) is 0 Å². The molecule has 9 nitrogen and oxygen atoms in total. The molecule has 5 atom stereocenters. The number of thiophene rings is 2. The number of carbonyl (C=O) groups excluding carboxylic acids is 1. The van der Waals surface area contributed by atoms with Crippen LogP contribution in [-0.4, -0.2) is 82.2 Å². The quantitative estimate of drug-likeness (QED) is 0.254. The number of aliphatic hydroxyl groups is 1. The molecule has 3 aliphatic rings. The highest BCUT2D eigenvalue weighted by molar-refractivity contribution is 8.93. The fourth-order valence-corrected chi connectivity index (χ4v) is 6.76. The van der Waals surface area contributed by atoms with Crippen molar-refractivity contribution in [2.24, 2.45) is 0 Å². The zero-order valence-corrected chi connectivity index (χ0v) is 22.6. The second kappa shape index (κ2) is 10.7. The van der Waals surface area contributed by atoms with Crippen LogP contribution in [0.15, 0.2) is 35.0 Å². The van der Waals surface area contributed by atoms with Crippen LogP contribution in [0.4, 0.5) is 0 Å². The van der Waals surface area contributed by atoms with E-state index in [4.69, 9.17) is 19.7 Å². The van der Waals surface area contributed by atoms with Gasteiger partial charge in [0.05, 0.1) is 36.7 Å². The number of aliphatic carboxylic acids is 2. The largest absolute Gasteiger partial charge is 0.481 e. The summed E-state index contributed by atoms with van der Waals surface area (Å²) in [5.41, 5.74) is -1.72. The van der Waals surface area contributed by atoms with E-state index < -0.39 is 23.5 Å². The zero-order valence-electron chi connectivity index (χ0n) is 19.2. The summed E-state index contributed by atoms with van der Waals surface area (Å²) in [5.74, 6) is -2.71. The number of epoxide rings is 1. The van der Waals surface area contributed by atoms with E-state index in [0.717, 1.165) is 17.3 Å². The predicted octanol–water partition coefficient (Wildman–Crippen LogP) is 2.86. The Balaban J connectivity index is 0.000000332. The minimum absolute atomic E-state index is 0. The van der Waals surface area contributed by atoms with Gasteiger partial charge in [0, 0.05) is 12.8 Å². The number of carboxylic acids is 2. The van der Waals surface area contributed by atoms with Gasteiger partial charge in [-0.1, -0.05) is 12.1 Å². The molecular weight excluding hydrogens is 562 g/mol. The number of fused-ring (bicyclic) bond motifs is 5. The maximum atomic E-state index is 13.1. The van der Waals surface area contributed by atoms with Crippen molar-refractivity contribution in [3.05, 3.63) is 44.8 Å². The van der Waals surface area contributed by atoms with Crippen molar-refractivity contribution >= 4 is 57.6 Å². The fourth-order valence-electron chi connectivity index (χ4n) is 5.04. The monoisotopic (exact) mass is 590 g/mol. The molecule has 3 saturated heterocycles. The SMILES string of the molecule is Br.C[N+]1(C)[C@@H]2CC(OC(=O)C(O)(c3cccs3)c3cccs3)C[C@H]1[C@@H]1O[C@@H]12.O=C(O)CCC(=O)O. The van der Waals surface area contributed by atoms with Gasteiger partial charge in [-0.05, 0) is 22.9 Å². The van der Waals surface area contributed by atoms with Crippen molar-refractivity contribution in [1.29, 1.82) is 0 Å². The maximum absolute atomic E-state index is 13.1. The third-order valence-corrected chi connectivity index (χ3v) is 8.87. The van der Waals surface area contributed by atoms with Crippen molar-refractivity contribution in [1.82, 2.24) is 0 Å². The second-order valence-electron chi connectivity index (χ2n) is 9.28. The Labute approximate surface area is 221 Å². The molecule has 0 aromatic carbocycles. The average molecular weight is 592 g/mol. The van der Waals surface area contributed by atoms with Crippen molar-refractivity contribution < 1.29 is 43.7 Å². The average Bonchev–Trinajstić information content (AvgIpc) is 3.11. The van der Waals surface area contributed by atoms with Crippen molar-refractivity contribution in [3.8, 4) is 0 Å². The van der Waals surface area contributed by atoms with Crippen LogP contribution in [0, 0.1) is 0 Å². The van der Waals surface area contributed by atoms with Crippen molar-refractivity contribution in [2.45, 2.75) is 61.7 Å². The molecule has 0 spiro atoms. The van der Waals surface area contributed by atoms with Gasteiger partial charge in [-0.15, -0.1) is 39.7 Å². The summed E-state index contributed by atoms with van der Waals surface area (Å²) in [6, 6.07) is 8.01. The molecule has 5 heterocycles. The summed E-state index contributed by atoms with van der Waals surface area (Å²) in [6.07, 6.45) is 1.46. The zero-order chi connectivity index (χ0) is 24.7. The van der Waals surface area contributed by atoms with Crippen LogP contribution in [0.1, 0.15) is 35.4 Å². The van der Waals surface area contributed by atoms with Crippen LogP contribution in [0.5, 0.6) is 0 Å². The molecule has 35 heavy (non-hydrogen) atoms. The molecule has 12 heteroatoms. The van der Waals surface area contributed by atoms with Crippen molar-refractivity contribution in [2.75, 3.05) is 14.1 Å². The number of halogens is 1. The number of ether oxygens (including phenoxy) is 2. The molecule has 0 aliphatic carbocycles. The summed E-state index contributed by atoms with van der Waals surface area (Å²) in [5, 5.41) is 30.9. The summed E-state index contributed by atoms with van der Waals surface area (Å²) < 4.78 is 12.6. The van der Waals surface area contributed by atoms with E-state index in [1.165, 1.54) is 22.7 Å². The van der Waals surface area contributed by atoms with Crippen LogP contribution < -0.4 is 0 Å². The third-order valence-electron chi connectivity index (χ3n) is 6.92. The topological polar surface area (TPSA) is 134 Å². The lowest BCUT2D eigenvalue weighted by Gasteiger charge is -2.45. The molecule has 5 rings (SSSR count). The molecule has 192 valence electrons. The van der Waals surface area contributed by atoms with Crippen LogP contribution in [0.3, 0.4) is 0 Å². The number of esters is 1. The number of nitrogens with zero attached hydrogens (tertiary/aromatic N) is 1. The first kappa shape index (κ1) is 27.8. The number of carboxylic acid groups (broad SMARTS) is 2. The molecule has 0 saturated carbocycles. The van der Waals surface area contributed by atoms with Gasteiger partial charge < -0.3 is 29.3 Å². The van der Waals surface area contributed by atoms with Crippen LogP contribution in [0.25, 0.3) is 0 Å². The van der Waals surface area contributed by atoms with E-state index in [-0.39, 0.29) is 35.9 Å². The van der Waals surface area contributed by atoms with Gasteiger partial charge in [-0.25, -0.2) is 4.79 Å². The lowest BCUT2D eigenvalue weighted by atomic mass is 9.95. The van der Waals surface area contributed by atoms with Gasteiger partial charge in [-0.2, -0.15) is 0 Å². The standard InChI is InChI=1S/C19H22NO4S2.C4H6O4.BrH/c1-20(2)12-9-11(10-13(20)17-16(12)24-17)23-18(21)19(22,14-5-3-7-25-14)15-6-4-8-26-15;5-3(6)1-2-4(7)8;/h3-8,11-13,16-17,22H,9-10H2,1-2H3;1-2H2,(H,5,6)(H,7,8);1H/q+1;;/t11?,12-,13+,16-,17+;;. The van der Waals surface area contributed by atoms with Crippen molar-refractivity contribution in [3.63, 3.8) is 0 Å². The summed E-state index contributed by atoms with van der Waals surface area (Å²) in [7, 11) is 4.49. The Bertz CT molecular complexity index is 974. The first-order chi connectivity index (χ1) is 16.0. The minimum atomic E-state index is -1.72. The van der Waals surface area contributed by atoms with E-state index in [1.807, 2.05) is 22.9 Å². The van der Waals surface area contributed by atoms with Crippen LogP contribution in [-0.2, 0) is 29.5 Å². The Morgan fingerprint density at radius 2 is 1.46 bits per heavy atom. The number of quaternary nitrogens is 1. The first-order valence-corrected chi connectivity index (χ1v) is 12.7.